The van der Waals surface area contributed by atoms with Crippen LogP contribution in [0.4, 0.5) is 0 Å². The molecule has 1 saturated heterocycles. The molecular weight excluding hydrogens is 276 g/mol. The lowest BCUT2D eigenvalue weighted by Crippen LogP contribution is -2.34. The molecule has 1 unspecified atom stereocenters. The normalized spacial score (nSPS) is 20.6. The van der Waals surface area contributed by atoms with Crippen molar-refractivity contribution < 1.29 is 4.74 Å². The van der Waals surface area contributed by atoms with Crippen LogP contribution in [0, 0.1) is 0 Å². The second kappa shape index (κ2) is 5.04. The van der Waals surface area contributed by atoms with Crippen molar-refractivity contribution in [3.05, 3.63) is 26.2 Å². The standard InChI is InChI=1S/C11H11ClN2OS2/c12-10-3-7(5-16-10)9-6-17-11(14-9)8-4-15-2-1-13-8/h3,5-6,8,13H,1-2,4H2. The van der Waals surface area contributed by atoms with Gasteiger partial charge in [-0.15, -0.1) is 22.7 Å². The van der Waals surface area contributed by atoms with Crippen molar-refractivity contribution >= 4 is 34.3 Å². The molecule has 3 nitrogen and oxygen atoms in total. The van der Waals surface area contributed by atoms with Gasteiger partial charge in [-0.05, 0) is 6.07 Å². The zero-order chi connectivity index (χ0) is 11.7. The number of halogens is 1. The van der Waals surface area contributed by atoms with Crippen molar-refractivity contribution in [3.63, 3.8) is 0 Å². The second-order valence-corrected chi connectivity index (χ2v) is 6.22. The van der Waals surface area contributed by atoms with Gasteiger partial charge in [-0.1, -0.05) is 11.6 Å². The summed E-state index contributed by atoms with van der Waals surface area (Å²) < 4.78 is 6.24. The Bertz CT molecular complexity index is 505. The number of ether oxygens (including phenoxy) is 1. The molecule has 0 amide bonds. The second-order valence-electron chi connectivity index (χ2n) is 3.79. The van der Waals surface area contributed by atoms with Crippen molar-refractivity contribution in [2.75, 3.05) is 19.8 Å². The molecule has 1 fully saturated rings. The van der Waals surface area contributed by atoms with Crippen molar-refractivity contribution in [1.29, 1.82) is 0 Å². The molecular formula is C11H11ClN2OS2. The van der Waals surface area contributed by atoms with Gasteiger partial charge in [-0.25, -0.2) is 4.98 Å². The molecule has 1 aliphatic heterocycles. The highest BCUT2D eigenvalue weighted by Gasteiger charge is 2.19. The van der Waals surface area contributed by atoms with Gasteiger partial charge in [0, 0.05) is 22.9 Å². The van der Waals surface area contributed by atoms with Crippen molar-refractivity contribution in [2.45, 2.75) is 6.04 Å². The number of rotatable bonds is 2. The zero-order valence-corrected chi connectivity index (χ0v) is 11.4. The van der Waals surface area contributed by atoms with Crippen LogP contribution in [0.5, 0.6) is 0 Å². The first-order valence-corrected chi connectivity index (χ1v) is 7.47. The third-order valence-corrected chi connectivity index (χ3v) is 4.65. The van der Waals surface area contributed by atoms with Crippen molar-refractivity contribution in [1.82, 2.24) is 10.3 Å². The molecule has 1 atom stereocenters. The fourth-order valence-corrected chi connectivity index (χ4v) is 3.51. The predicted molar refractivity (Wildman–Crippen MR) is 72.0 cm³/mol. The molecule has 0 bridgehead atoms. The summed E-state index contributed by atoms with van der Waals surface area (Å²) in [5.41, 5.74) is 2.10. The van der Waals surface area contributed by atoms with E-state index < -0.39 is 0 Å². The van der Waals surface area contributed by atoms with Gasteiger partial charge < -0.3 is 10.1 Å². The Morgan fingerprint density at radius 2 is 2.35 bits per heavy atom. The summed E-state index contributed by atoms with van der Waals surface area (Å²) in [4.78, 5) is 4.64. The van der Waals surface area contributed by atoms with E-state index >= 15 is 0 Å². The van der Waals surface area contributed by atoms with Crippen LogP contribution in [-0.4, -0.2) is 24.7 Å². The molecule has 1 N–H and O–H groups in total. The first kappa shape index (κ1) is 11.6. The van der Waals surface area contributed by atoms with Crippen LogP contribution < -0.4 is 5.32 Å². The Morgan fingerprint density at radius 1 is 1.41 bits per heavy atom. The largest absolute Gasteiger partial charge is 0.378 e. The molecule has 0 radical (unpaired) electrons. The van der Waals surface area contributed by atoms with Gasteiger partial charge in [0.15, 0.2) is 0 Å². The molecule has 3 rings (SSSR count). The quantitative estimate of drug-likeness (QED) is 0.921. The van der Waals surface area contributed by atoms with Crippen LogP contribution in [0.25, 0.3) is 11.3 Å². The molecule has 1 aliphatic rings. The summed E-state index contributed by atoms with van der Waals surface area (Å²) in [6.07, 6.45) is 0. The lowest BCUT2D eigenvalue weighted by Gasteiger charge is -2.21. The SMILES string of the molecule is Clc1cc(-c2csc(C3COCCN3)n2)cs1. The van der Waals surface area contributed by atoms with Crippen LogP contribution in [-0.2, 0) is 4.74 Å². The van der Waals surface area contributed by atoms with Crippen molar-refractivity contribution in [3.8, 4) is 11.3 Å². The number of hydrogen-bond donors (Lipinski definition) is 1. The molecule has 0 aliphatic carbocycles. The smallest absolute Gasteiger partial charge is 0.113 e. The minimum absolute atomic E-state index is 0.233. The Labute approximate surface area is 112 Å². The van der Waals surface area contributed by atoms with E-state index in [1.807, 2.05) is 11.4 Å². The number of hydrogen-bond acceptors (Lipinski definition) is 5. The summed E-state index contributed by atoms with van der Waals surface area (Å²) in [5.74, 6) is 0. The van der Waals surface area contributed by atoms with Gasteiger partial charge >= 0.3 is 0 Å². The van der Waals surface area contributed by atoms with Crippen LogP contribution in [0.2, 0.25) is 4.34 Å². The highest BCUT2D eigenvalue weighted by molar-refractivity contribution is 7.14. The Balaban J connectivity index is 1.82. The average Bonchev–Trinajstić information content (AvgIpc) is 2.98. The summed E-state index contributed by atoms with van der Waals surface area (Å²) in [7, 11) is 0. The predicted octanol–water partition coefficient (Wildman–Crippen LogP) is 3.19. The van der Waals surface area contributed by atoms with E-state index in [1.165, 1.54) is 11.3 Å². The first-order chi connectivity index (χ1) is 8.33. The van der Waals surface area contributed by atoms with E-state index in [2.05, 4.69) is 15.7 Å². The van der Waals surface area contributed by atoms with Gasteiger partial charge in [-0.3, -0.25) is 0 Å². The first-order valence-electron chi connectivity index (χ1n) is 5.34. The van der Waals surface area contributed by atoms with Crippen molar-refractivity contribution in [2.24, 2.45) is 0 Å². The number of thiophene rings is 1. The van der Waals surface area contributed by atoms with Gasteiger partial charge in [-0.2, -0.15) is 0 Å². The molecule has 0 spiro atoms. The van der Waals surface area contributed by atoms with Crippen LogP contribution in [0.3, 0.4) is 0 Å². The molecule has 0 saturated carbocycles. The maximum absolute atomic E-state index is 5.93. The number of aromatic nitrogens is 1. The summed E-state index contributed by atoms with van der Waals surface area (Å²) >= 11 is 9.13. The van der Waals surface area contributed by atoms with E-state index in [0.717, 1.165) is 33.8 Å². The molecule has 2 aromatic rings. The minimum Gasteiger partial charge on any atom is -0.378 e. The Hall–Kier alpha value is -0.460. The molecule has 0 aromatic carbocycles. The van der Waals surface area contributed by atoms with E-state index in [4.69, 9.17) is 16.3 Å². The van der Waals surface area contributed by atoms with E-state index in [1.54, 1.807) is 11.3 Å². The van der Waals surface area contributed by atoms with E-state index in [-0.39, 0.29) is 6.04 Å². The minimum atomic E-state index is 0.233. The maximum Gasteiger partial charge on any atom is 0.113 e. The van der Waals surface area contributed by atoms with Gasteiger partial charge in [0.05, 0.1) is 29.3 Å². The van der Waals surface area contributed by atoms with Crippen LogP contribution in [0.15, 0.2) is 16.8 Å². The third-order valence-electron chi connectivity index (χ3n) is 2.60. The molecule has 3 heterocycles. The fraction of sp³-hybridized carbons (Fsp3) is 0.364. The monoisotopic (exact) mass is 286 g/mol. The highest BCUT2D eigenvalue weighted by atomic mass is 35.5. The Kier molecular flexibility index (Phi) is 3.44. The third kappa shape index (κ3) is 2.53. The number of thiazole rings is 1. The summed E-state index contributed by atoms with van der Waals surface area (Å²) in [5, 5.41) is 8.60. The van der Waals surface area contributed by atoms with Gasteiger partial charge in [0.1, 0.15) is 5.01 Å². The average molecular weight is 287 g/mol. The molecule has 17 heavy (non-hydrogen) atoms. The number of nitrogens with one attached hydrogen (secondary N) is 1. The lowest BCUT2D eigenvalue weighted by atomic mass is 10.2. The fourth-order valence-electron chi connectivity index (χ4n) is 1.75. The van der Waals surface area contributed by atoms with Gasteiger partial charge in [0.25, 0.3) is 0 Å². The van der Waals surface area contributed by atoms with Gasteiger partial charge in [0.2, 0.25) is 0 Å². The molecule has 90 valence electrons. The van der Waals surface area contributed by atoms with E-state index in [0.29, 0.717) is 6.61 Å². The zero-order valence-electron chi connectivity index (χ0n) is 8.98. The number of nitrogens with zero attached hydrogens (tertiary/aromatic N) is 1. The van der Waals surface area contributed by atoms with Crippen LogP contribution >= 0.6 is 34.3 Å². The Morgan fingerprint density at radius 3 is 3.06 bits per heavy atom. The van der Waals surface area contributed by atoms with Crippen LogP contribution in [0.1, 0.15) is 11.0 Å². The van der Waals surface area contributed by atoms with E-state index in [9.17, 15) is 0 Å². The maximum atomic E-state index is 5.93. The molecule has 6 heteroatoms. The number of morpholine rings is 1. The highest BCUT2D eigenvalue weighted by Crippen LogP contribution is 2.31. The molecule has 2 aromatic heterocycles. The summed E-state index contributed by atoms with van der Waals surface area (Å²) in [6, 6.07) is 2.19. The summed E-state index contributed by atoms with van der Waals surface area (Å²) in [6.45, 7) is 2.38. The topological polar surface area (TPSA) is 34.1 Å². The lowest BCUT2D eigenvalue weighted by molar-refractivity contribution is 0.0768.